The van der Waals surface area contributed by atoms with Crippen molar-refractivity contribution in [3.63, 3.8) is 0 Å². The number of aryl methyl sites for hydroxylation is 3. The number of aromatic amines is 1. The van der Waals surface area contributed by atoms with Crippen molar-refractivity contribution in [3.8, 4) is 16.3 Å². The molecule has 0 saturated carbocycles. The highest BCUT2D eigenvalue weighted by Gasteiger charge is 2.18. The molecule has 31 heavy (non-hydrogen) atoms. The van der Waals surface area contributed by atoms with Crippen LogP contribution in [0.5, 0.6) is 0 Å². The number of rotatable bonds is 5. The Hall–Kier alpha value is -3.72. The third kappa shape index (κ3) is 3.53. The molecule has 0 radical (unpaired) electrons. The Kier molecular flexibility index (Phi) is 4.67. The van der Waals surface area contributed by atoms with E-state index in [4.69, 9.17) is 0 Å². The predicted octanol–water partition coefficient (Wildman–Crippen LogP) is 3.83. The molecule has 0 saturated heterocycles. The van der Waals surface area contributed by atoms with Gasteiger partial charge in [-0.1, -0.05) is 6.07 Å². The fraction of sp³-hybridized carbons (Fsp3) is 0.182. The van der Waals surface area contributed by atoms with Gasteiger partial charge in [0.15, 0.2) is 5.65 Å². The Labute approximate surface area is 182 Å². The summed E-state index contributed by atoms with van der Waals surface area (Å²) in [4.78, 5) is 24.3. The average Bonchev–Trinajstić information content (AvgIpc) is 3.38. The van der Waals surface area contributed by atoms with E-state index in [1.807, 2.05) is 53.5 Å². The molecule has 0 aliphatic carbocycles. The van der Waals surface area contributed by atoms with E-state index in [0.717, 1.165) is 39.0 Å². The molecule has 5 rings (SSSR count). The Morgan fingerprint density at radius 2 is 2.00 bits per heavy atom. The van der Waals surface area contributed by atoms with Gasteiger partial charge in [-0.3, -0.25) is 14.2 Å². The number of carbonyl (C=O) groups is 1. The van der Waals surface area contributed by atoms with Gasteiger partial charge in [0.25, 0.3) is 5.91 Å². The van der Waals surface area contributed by atoms with E-state index in [1.165, 1.54) is 4.88 Å². The molecule has 5 aromatic heterocycles. The topological polar surface area (TPSA) is 92.9 Å². The van der Waals surface area contributed by atoms with Crippen LogP contribution < -0.4 is 5.32 Å². The molecule has 0 aliphatic rings. The lowest BCUT2D eigenvalue weighted by molar-refractivity contribution is 0.0950. The normalized spacial score (nSPS) is 11.3. The van der Waals surface area contributed by atoms with Crippen molar-refractivity contribution < 1.29 is 4.79 Å². The van der Waals surface area contributed by atoms with Crippen LogP contribution in [-0.2, 0) is 6.54 Å². The van der Waals surface area contributed by atoms with Crippen LogP contribution in [0.3, 0.4) is 0 Å². The van der Waals surface area contributed by atoms with Crippen molar-refractivity contribution >= 4 is 22.9 Å². The van der Waals surface area contributed by atoms with Crippen molar-refractivity contribution in [2.45, 2.75) is 27.3 Å². The molecule has 9 heteroatoms. The third-order valence-corrected chi connectivity index (χ3v) is 6.17. The number of hydrogen-bond acceptors (Lipinski definition) is 5. The van der Waals surface area contributed by atoms with Crippen molar-refractivity contribution in [2.75, 3.05) is 0 Å². The zero-order chi connectivity index (χ0) is 21.5. The molecule has 5 heterocycles. The standard InChI is InChI=1S/C22H21N7OS/c1-13-4-6-16(9-23-13)10-25-22(30)17-8-18(29-15(3)26-27-29)21-24-11-19(28(21)12-17)20-7-5-14(2)31-20/h4-9,11-12,27H,10H2,1-3H3,(H,25,30). The van der Waals surface area contributed by atoms with Crippen LogP contribution in [0.15, 0.2) is 48.9 Å². The average molecular weight is 432 g/mol. The Bertz CT molecular complexity index is 1390. The number of imidazole rings is 1. The summed E-state index contributed by atoms with van der Waals surface area (Å²) in [5, 5.41) is 10.0. The van der Waals surface area contributed by atoms with Crippen LogP contribution in [0.2, 0.25) is 0 Å². The van der Waals surface area contributed by atoms with Gasteiger partial charge in [0.2, 0.25) is 0 Å². The third-order valence-electron chi connectivity index (χ3n) is 5.14. The first-order valence-electron chi connectivity index (χ1n) is 9.87. The maximum Gasteiger partial charge on any atom is 0.253 e. The molecule has 156 valence electrons. The molecule has 0 aliphatic heterocycles. The monoisotopic (exact) mass is 431 g/mol. The molecule has 0 bridgehead atoms. The molecule has 0 spiro atoms. The second-order valence-corrected chi connectivity index (χ2v) is 8.73. The largest absolute Gasteiger partial charge is 0.348 e. The van der Waals surface area contributed by atoms with E-state index in [1.54, 1.807) is 17.5 Å². The van der Waals surface area contributed by atoms with Gasteiger partial charge in [-0.15, -0.1) is 16.4 Å². The van der Waals surface area contributed by atoms with Gasteiger partial charge in [-0.2, -0.15) is 0 Å². The molecular formula is C22H21N7OS. The molecule has 8 nitrogen and oxygen atoms in total. The zero-order valence-corrected chi connectivity index (χ0v) is 18.2. The first-order chi connectivity index (χ1) is 15.0. The van der Waals surface area contributed by atoms with E-state index in [2.05, 4.69) is 44.7 Å². The smallest absolute Gasteiger partial charge is 0.253 e. The van der Waals surface area contributed by atoms with Crippen LogP contribution >= 0.6 is 11.3 Å². The van der Waals surface area contributed by atoms with E-state index in [0.29, 0.717) is 12.1 Å². The maximum absolute atomic E-state index is 13.0. The number of fused-ring (bicyclic) bond motifs is 1. The summed E-state index contributed by atoms with van der Waals surface area (Å²) in [6, 6.07) is 9.90. The lowest BCUT2D eigenvalue weighted by atomic mass is 10.2. The summed E-state index contributed by atoms with van der Waals surface area (Å²) in [5.41, 5.74) is 4.91. The first-order valence-corrected chi connectivity index (χ1v) is 10.7. The minimum Gasteiger partial charge on any atom is -0.348 e. The second-order valence-electron chi connectivity index (χ2n) is 7.45. The van der Waals surface area contributed by atoms with Crippen LogP contribution in [0.4, 0.5) is 0 Å². The molecule has 5 aromatic rings. The number of thiophene rings is 1. The van der Waals surface area contributed by atoms with Crippen molar-refractivity contribution in [1.29, 1.82) is 0 Å². The number of hydrogen-bond donors (Lipinski definition) is 2. The molecule has 0 atom stereocenters. The fourth-order valence-electron chi connectivity index (χ4n) is 3.43. The van der Waals surface area contributed by atoms with Crippen molar-refractivity contribution in [3.05, 3.63) is 76.4 Å². The molecule has 0 unspecified atom stereocenters. The summed E-state index contributed by atoms with van der Waals surface area (Å²) < 4.78 is 3.79. The number of aromatic nitrogens is 6. The highest BCUT2D eigenvalue weighted by Crippen LogP contribution is 2.30. The lowest BCUT2D eigenvalue weighted by Crippen LogP contribution is -2.24. The SMILES string of the molecule is Cc1ccc(CNC(=O)c2cc(-n3[nH]nc3C)c3ncc(-c4ccc(C)s4)n3c2)cn1. The molecule has 0 aromatic carbocycles. The van der Waals surface area contributed by atoms with E-state index in [-0.39, 0.29) is 5.91 Å². The zero-order valence-electron chi connectivity index (χ0n) is 17.4. The minimum atomic E-state index is -0.166. The minimum absolute atomic E-state index is 0.166. The van der Waals surface area contributed by atoms with Crippen LogP contribution in [0.1, 0.15) is 32.3 Å². The Morgan fingerprint density at radius 3 is 2.65 bits per heavy atom. The first kappa shape index (κ1) is 19.3. The highest BCUT2D eigenvalue weighted by molar-refractivity contribution is 7.15. The van der Waals surface area contributed by atoms with Crippen molar-refractivity contribution in [1.82, 2.24) is 34.7 Å². The van der Waals surface area contributed by atoms with Crippen molar-refractivity contribution in [2.24, 2.45) is 0 Å². The number of H-pyrrole nitrogens is 1. The highest BCUT2D eigenvalue weighted by atomic mass is 32.1. The van der Waals surface area contributed by atoms with Gasteiger partial charge in [0.05, 0.1) is 22.3 Å². The lowest BCUT2D eigenvalue weighted by Gasteiger charge is -2.15. The van der Waals surface area contributed by atoms with Gasteiger partial charge < -0.3 is 5.32 Å². The van der Waals surface area contributed by atoms with Gasteiger partial charge in [0.1, 0.15) is 11.5 Å². The van der Waals surface area contributed by atoms with Gasteiger partial charge >= 0.3 is 0 Å². The van der Waals surface area contributed by atoms with Gasteiger partial charge in [0, 0.05) is 29.5 Å². The number of carbonyl (C=O) groups excluding carboxylic acids is 1. The molecule has 2 N–H and O–H groups in total. The maximum atomic E-state index is 13.0. The number of nitrogens with zero attached hydrogens (tertiary/aromatic N) is 5. The van der Waals surface area contributed by atoms with Crippen LogP contribution in [-0.4, -0.2) is 35.3 Å². The number of pyridine rings is 2. The summed E-state index contributed by atoms with van der Waals surface area (Å²) >= 11 is 1.70. The summed E-state index contributed by atoms with van der Waals surface area (Å²) in [7, 11) is 0. The summed E-state index contributed by atoms with van der Waals surface area (Å²) in [6.45, 7) is 6.32. The van der Waals surface area contributed by atoms with Crippen LogP contribution in [0, 0.1) is 20.8 Å². The van der Waals surface area contributed by atoms with Gasteiger partial charge in [-0.05, 0) is 50.6 Å². The van der Waals surface area contributed by atoms with E-state index < -0.39 is 0 Å². The van der Waals surface area contributed by atoms with Gasteiger partial charge in [-0.25, -0.2) is 14.9 Å². The summed E-state index contributed by atoms with van der Waals surface area (Å²) in [6.07, 6.45) is 5.46. The predicted molar refractivity (Wildman–Crippen MR) is 120 cm³/mol. The second kappa shape index (κ2) is 7.51. The molecule has 1 amide bonds. The molecule has 0 fully saturated rings. The van der Waals surface area contributed by atoms with E-state index >= 15 is 0 Å². The van der Waals surface area contributed by atoms with Crippen LogP contribution in [0.25, 0.3) is 21.9 Å². The quantitative estimate of drug-likeness (QED) is 0.442. The Morgan fingerprint density at radius 1 is 1.13 bits per heavy atom. The van der Waals surface area contributed by atoms with E-state index in [9.17, 15) is 4.79 Å². The fourth-order valence-corrected chi connectivity index (χ4v) is 4.30. The number of amides is 1. The number of nitrogens with one attached hydrogen (secondary N) is 2. The Balaban J connectivity index is 1.55. The summed E-state index contributed by atoms with van der Waals surface area (Å²) in [5.74, 6) is 0.641. The molecular weight excluding hydrogens is 410 g/mol.